The maximum Gasteiger partial charge on any atom is 0.0484 e. The van der Waals surface area contributed by atoms with Crippen molar-refractivity contribution in [2.24, 2.45) is 11.7 Å². The van der Waals surface area contributed by atoms with E-state index in [1.807, 2.05) is 0 Å². The highest BCUT2D eigenvalue weighted by molar-refractivity contribution is 4.90. The van der Waals surface area contributed by atoms with E-state index in [1.165, 1.54) is 32.4 Å². The molecule has 2 aliphatic rings. The molecule has 16 heavy (non-hydrogen) atoms. The minimum atomic E-state index is 0.0217. The Kier molecular flexibility index (Phi) is 4.22. The number of likely N-dealkylation sites (tertiary alicyclic amines) is 1. The normalized spacial score (nSPS) is 31.5. The van der Waals surface area contributed by atoms with Gasteiger partial charge >= 0.3 is 0 Å². The Morgan fingerprint density at radius 2 is 2.12 bits per heavy atom. The first-order chi connectivity index (χ1) is 7.72. The summed E-state index contributed by atoms with van der Waals surface area (Å²) in [7, 11) is 0. The Morgan fingerprint density at radius 3 is 2.81 bits per heavy atom. The average molecular weight is 226 g/mol. The maximum atomic E-state index is 6.46. The molecule has 2 rings (SSSR count). The lowest BCUT2D eigenvalue weighted by Crippen LogP contribution is -2.55. The van der Waals surface area contributed by atoms with Crippen LogP contribution in [0.4, 0.5) is 0 Å². The summed E-state index contributed by atoms with van der Waals surface area (Å²) in [5, 5.41) is 0. The van der Waals surface area contributed by atoms with E-state index in [2.05, 4.69) is 11.8 Å². The molecular formula is C13H26N2O. The van der Waals surface area contributed by atoms with Crippen molar-refractivity contribution in [1.29, 1.82) is 0 Å². The summed E-state index contributed by atoms with van der Waals surface area (Å²) in [5.41, 5.74) is 6.48. The first-order valence-corrected chi connectivity index (χ1v) is 6.81. The molecule has 0 bridgehead atoms. The van der Waals surface area contributed by atoms with Gasteiger partial charge in [-0.3, -0.25) is 0 Å². The van der Waals surface area contributed by atoms with E-state index < -0.39 is 0 Å². The van der Waals surface area contributed by atoms with Crippen LogP contribution in [0.3, 0.4) is 0 Å². The second-order valence-corrected chi connectivity index (χ2v) is 5.63. The average Bonchev–Trinajstić information content (AvgIpc) is 2.29. The Labute approximate surface area is 99.3 Å². The van der Waals surface area contributed by atoms with Gasteiger partial charge in [-0.15, -0.1) is 0 Å². The van der Waals surface area contributed by atoms with E-state index in [9.17, 15) is 0 Å². The van der Waals surface area contributed by atoms with Crippen LogP contribution in [-0.2, 0) is 4.74 Å². The summed E-state index contributed by atoms with van der Waals surface area (Å²) in [6.45, 7) is 7.59. The van der Waals surface area contributed by atoms with Gasteiger partial charge in [0.25, 0.3) is 0 Å². The van der Waals surface area contributed by atoms with Gasteiger partial charge < -0.3 is 15.4 Å². The number of piperidine rings is 1. The van der Waals surface area contributed by atoms with Gasteiger partial charge in [0.05, 0.1) is 0 Å². The van der Waals surface area contributed by atoms with Crippen LogP contribution >= 0.6 is 0 Å². The van der Waals surface area contributed by atoms with E-state index in [1.54, 1.807) is 0 Å². The molecule has 1 unspecified atom stereocenters. The van der Waals surface area contributed by atoms with Crippen molar-refractivity contribution >= 4 is 0 Å². The molecular weight excluding hydrogens is 200 g/mol. The number of ether oxygens (including phenoxy) is 1. The van der Waals surface area contributed by atoms with Crippen LogP contribution in [-0.4, -0.2) is 43.3 Å². The van der Waals surface area contributed by atoms with Crippen LogP contribution in [0, 0.1) is 5.92 Å². The van der Waals surface area contributed by atoms with Gasteiger partial charge in [0.15, 0.2) is 0 Å². The smallest absolute Gasteiger partial charge is 0.0484 e. The largest absolute Gasteiger partial charge is 0.381 e. The van der Waals surface area contributed by atoms with E-state index in [4.69, 9.17) is 10.5 Å². The molecule has 0 amide bonds. The van der Waals surface area contributed by atoms with Gasteiger partial charge in [0.2, 0.25) is 0 Å². The zero-order chi connectivity index (χ0) is 11.4. The second-order valence-electron chi connectivity index (χ2n) is 5.63. The molecule has 0 aromatic rings. The van der Waals surface area contributed by atoms with Gasteiger partial charge in [0, 0.05) is 31.8 Å². The molecule has 1 atom stereocenters. The molecule has 0 aromatic carbocycles. The third-order valence-electron chi connectivity index (χ3n) is 4.21. The molecule has 0 saturated carbocycles. The first-order valence-electron chi connectivity index (χ1n) is 6.81. The lowest BCUT2D eigenvalue weighted by Gasteiger charge is -2.41. The molecule has 2 aliphatic heterocycles. The Morgan fingerprint density at radius 1 is 1.38 bits per heavy atom. The van der Waals surface area contributed by atoms with Crippen molar-refractivity contribution in [2.45, 2.75) is 44.6 Å². The van der Waals surface area contributed by atoms with E-state index >= 15 is 0 Å². The minimum absolute atomic E-state index is 0.0217. The van der Waals surface area contributed by atoms with Gasteiger partial charge in [-0.2, -0.15) is 0 Å². The summed E-state index contributed by atoms with van der Waals surface area (Å²) in [5.74, 6) is 0.900. The van der Waals surface area contributed by atoms with Crippen LogP contribution in [0.1, 0.15) is 39.0 Å². The second kappa shape index (κ2) is 5.48. The van der Waals surface area contributed by atoms with Gasteiger partial charge in [0.1, 0.15) is 0 Å². The van der Waals surface area contributed by atoms with Gasteiger partial charge in [-0.05, 0) is 38.1 Å². The number of nitrogens with two attached hydrogens (primary N) is 1. The Balaban J connectivity index is 1.83. The predicted molar refractivity (Wildman–Crippen MR) is 66.4 cm³/mol. The van der Waals surface area contributed by atoms with Crippen LogP contribution < -0.4 is 5.73 Å². The fraction of sp³-hybridized carbons (Fsp3) is 1.00. The number of nitrogens with zero attached hydrogens (tertiary/aromatic N) is 1. The van der Waals surface area contributed by atoms with E-state index in [-0.39, 0.29) is 5.54 Å². The molecule has 3 heteroatoms. The third kappa shape index (κ3) is 3.19. The zero-order valence-corrected chi connectivity index (χ0v) is 10.6. The van der Waals surface area contributed by atoms with Crippen LogP contribution in [0.15, 0.2) is 0 Å². The summed E-state index contributed by atoms with van der Waals surface area (Å²) >= 11 is 0. The third-order valence-corrected chi connectivity index (χ3v) is 4.21. The lowest BCUT2D eigenvalue weighted by atomic mass is 9.88. The molecule has 2 saturated heterocycles. The molecule has 0 radical (unpaired) electrons. The van der Waals surface area contributed by atoms with Crippen molar-refractivity contribution < 1.29 is 4.74 Å². The van der Waals surface area contributed by atoms with Crippen LogP contribution in [0.25, 0.3) is 0 Å². The summed E-state index contributed by atoms with van der Waals surface area (Å²) in [6.07, 6.45) is 6.14. The molecule has 0 aliphatic carbocycles. The molecule has 94 valence electrons. The topological polar surface area (TPSA) is 38.5 Å². The summed E-state index contributed by atoms with van der Waals surface area (Å²) in [4.78, 5) is 2.59. The summed E-state index contributed by atoms with van der Waals surface area (Å²) < 4.78 is 5.40. The summed E-state index contributed by atoms with van der Waals surface area (Å²) in [6, 6.07) is 0. The van der Waals surface area contributed by atoms with Crippen molar-refractivity contribution in [2.75, 3.05) is 32.8 Å². The number of hydrogen-bond donors (Lipinski definition) is 1. The highest BCUT2D eigenvalue weighted by Gasteiger charge is 2.31. The molecule has 2 fully saturated rings. The maximum absolute atomic E-state index is 6.46. The van der Waals surface area contributed by atoms with Crippen molar-refractivity contribution in [1.82, 2.24) is 4.90 Å². The molecule has 0 aromatic heterocycles. The zero-order valence-electron chi connectivity index (χ0n) is 10.6. The van der Waals surface area contributed by atoms with E-state index in [0.29, 0.717) is 0 Å². The molecule has 2 N–H and O–H groups in total. The Hall–Kier alpha value is -0.120. The fourth-order valence-electron chi connectivity index (χ4n) is 3.01. The molecule has 0 spiro atoms. The number of rotatable bonds is 3. The first kappa shape index (κ1) is 12.3. The van der Waals surface area contributed by atoms with Crippen LogP contribution in [0.5, 0.6) is 0 Å². The van der Waals surface area contributed by atoms with Crippen molar-refractivity contribution in [3.05, 3.63) is 0 Å². The molecule has 3 nitrogen and oxygen atoms in total. The number of hydrogen-bond acceptors (Lipinski definition) is 3. The highest BCUT2D eigenvalue weighted by atomic mass is 16.5. The molecule has 2 heterocycles. The van der Waals surface area contributed by atoms with Crippen LogP contribution in [0.2, 0.25) is 0 Å². The fourth-order valence-corrected chi connectivity index (χ4v) is 3.01. The predicted octanol–water partition coefficient (Wildman–Crippen LogP) is 1.62. The standard InChI is InChI=1S/C13H26N2O/c1-2-12-4-3-7-15(10-12)11-13(14)5-8-16-9-6-13/h12H,2-11,14H2,1H3. The lowest BCUT2D eigenvalue weighted by molar-refractivity contribution is 0.0303. The quantitative estimate of drug-likeness (QED) is 0.794. The van der Waals surface area contributed by atoms with E-state index in [0.717, 1.165) is 38.5 Å². The Bertz CT molecular complexity index is 214. The SMILES string of the molecule is CCC1CCCN(CC2(N)CCOCC2)C1. The van der Waals surface area contributed by atoms with Crippen molar-refractivity contribution in [3.63, 3.8) is 0 Å². The van der Waals surface area contributed by atoms with Gasteiger partial charge in [-0.1, -0.05) is 13.3 Å². The monoisotopic (exact) mass is 226 g/mol. The minimum Gasteiger partial charge on any atom is -0.381 e. The van der Waals surface area contributed by atoms with Crippen molar-refractivity contribution in [3.8, 4) is 0 Å². The highest BCUT2D eigenvalue weighted by Crippen LogP contribution is 2.24. The van der Waals surface area contributed by atoms with Gasteiger partial charge in [-0.25, -0.2) is 0 Å².